The minimum atomic E-state index is -0.444. The number of hydrogen-bond donors (Lipinski definition) is 1. The molecule has 112 valence electrons. The normalized spacial score (nSPS) is 12.3. The van der Waals surface area contributed by atoms with E-state index in [1.807, 2.05) is 19.1 Å². The van der Waals surface area contributed by atoms with E-state index < -0.39 is 5.91 Å². The lowest BCUT2D eigenvalue weighted by atomic mass is 10.1. The van der Waals surface area contributed by atoms with Gasteiger partial charge in [-0.2, -0.15) is 0 Å². The van der Waals surface area contributed by atoms with Crippen LogP contribution in [-0.4, -0.2) is 15.3 Å². The van der Waals surface area contributed by atoms with Crippen LogP contribution in [0.15, 0.2) is 46.8 Å². The number of nitrogens with one attached hydrogen (secondary N) is 1. The van der Waals surface area contributed by atoms with Gasteiger partial charge < -0.3 is 5.32 Å². The Labute approximate surface area is 135 Å². The lowest BCUT2D eigenvalue weighted by molar-refractivity contribution is 0.0938. The lowest BCUT2D eigenvalue weighted by Gasteiger charge is -2.14. The molecule has 0 unspecified atom stereocenters. The minimum absolute atomic E-state index is 0.0247. The summed E-state index contributed by atoms with van der Waals surface area (Å²) in [5.74, 6) is -0.444. The smallest absolute Gasteiger partial charge is 0.271 e. The number of fused-ring (bicyclic) bond motifs is 1. The molecule has 1 N–H and O–H groups in total. The minimum Gasteiger partial charge on any atom is -0.345 e. The standard InChI is InChI=1S/C15H12ClN3O2S/c1-9(10-2-4-11(16)5-3-10)18-13(20)12-8-17-15-19(14(12)21)6-7-22-15/h2-9H,1H3,(H,18,20)/t9-/m0/s1. The van der Waals surface area contributed by atoms with E-state index in [-0.39, 0.29) is 17.2 Å². The maximum atomic E-state index is 12.3. The summed E-state index contributed by atoms with van der Waals surface area (Å²) < 4.78 is 1.37. The van der Waals surface area contributed by atoms with Gasteiger partial charge in [-0.05, 0) is 24.6 Å². The molecule has 0 spiro atoms. The summed E-state index contributed by atoms with van der Waals surface area (Å²) in [5, 5.41) is 5.18. The molecule has 0 bridgehead atoms. The molecule has 0 fully saturated rings. The zero-order valence-corrected chi connectivity index (χ0v) is 13.2. The van der Waals surface area contributed by atoms with Crippen molar-refractivity contribution in [1.82, 2.24) is 14.7 Å². The molecule has 7 heteroatoms. The van der Waals surface area contributed by atoms with Gasteiger partial charge in [0.05, 0.1) is 6.04 Å². The van der Waals surface area contributed by atoms with Gasteiger partial charge in [0.2, 0.25) is 0 Å². The highest BCUT2D eigenvalue weighted by molar-refractivity contribution is 7.15. The summed E-state index contributed by atoms with van der Waals surface area (Å²) >= 11 is 7.19. The van der Waals surface area contributed by atoms with Crippen molar-refractivity contribution in [2.75, 3.05) is 0 Å². The van der Waals surface area contributed by atoms with Gasteiger partial charge in [0, 0.05) is 22.8 Å². The van der Waals surface area contributed by atoms with Crippen LogP contribution >= 0.6 is 22.9 Å². The van der Waals surface area contributed by atoms with Crippen molar-refractivity contribution >= 4 is 33.8 Å². The third-order valence-corrected chi connectivity index (χ3v) is 4.33. The average Bonchev–Trinajstić information content (AvgIpc) is 2.97. The van der Waals surface area contributed by atoms with Crippen molar-refractivity contribution < 1.29 is 4.79 Å². The van der Waals surface area contributed by atoms with Crippen LogP contribution in [0.2, 0.25) is 5.02 Å². The first kappa shape index (κ1) is 14.7. The van der Waals surface area contributed by atoms with Gasteiger partial charge in [0.25, 0.3) is 11.5 Å². The second kappa shape index (κ2) is 5.90. The van der Waals surface area contributed by atoms with Gasteiger partial charge >= 0.3 is 0 Å². The zero-order valence-electron chi connectivity index (χ0n) is 11.6. The molecule has 0 aliphatic rings. The summed E-state index contributed by atoms with van der Waals surface area (Å²) in [4.78, 5) is 29.2. The molecule has 3 aromatic rings. The number of aromatic nitrogens is 2. The highest BCUT2D eigenvalue weighted by atomic mass is 35.5. The van der Waals surface area contributed by atoms with Gasteiger partial charge in [-0.3, -0.25) is 14.0 Å². The Morgan fingerprint density at radius 1 is 1.36 bits per heavy atom. The second-order valence-electron chi connectivity index (χ2n) is 4.78. The van der Waals surface area contributed by atoms with Crippen LogP contribution in [0.3, 0.4) is 0 Å². The van der Waals surface area contributed by atoms with Crippen molar-refractivity contribution in [2.45, 2.75) is 13.0 Å². The van der Waals surface area contributed by atoms with Gasteiger partial charge in [-0.1, -0.05) is 23.7 Å². The monoisotopic (exact) mass is 333 g/mol. The fraction of sp³-hybridized carbons (Fsp3) is 0.133. The quantitative estimate of drug-likeness (QED) is 0.801. The largest absolute Gasteiger partial charge is 0.345 e. The molecular weight excluding hydrogens is 322 g/mol. The second-order valence-corrected chi connectivity index (χ2v) is 6.09. The summed E-state index contributed by atoms with van der Waals surface area (Å²) in [5.41, 5.74) is 0.561. The van der Waals surface area contributed by atoms with Crippen molar-refractivity contribution in [1.29, 1.82) is 0 Å². The van der Waals surface area contributed by atoms with Crippen molar-refractivity contribution in [3.63, 3.8) is 0 Å². The molecule has 1 atom stereocenters. The first-order valence-electron chi connectivity index (χ1n) is 6.57. The van der Waals surface area contributed by atoms with Crippen LogP contribution < -0.4 is 10.9 Å². The van der Waals surface area contributed by atoms with Crippen LogP contribution in [0.5, 0.6) is 0 Å². The number of amides is 1. The van der Waals surface area contributed by atoms with E-state index in [0.717, 1.165) is 5.56 Å². The molecule has 5 nitrogen and oxygen atoms in total. The highest BCUT2D eigenvalue weighted by Gasteiger charge is 2.16. The van der Waals surface area contributed by atoms with Gasteiger partial charge in [-0.15, -0.1) is 11.3 Å². The van der Waals surface area contributed by atoms with Crippen LogP contribution in [0, 0.1) is 0 Å². The van der Waals surface area contributed by atoms with E-state index in [1.54, 1.807) is 23.7 Å². The molecule has 1 aromatic carbocycles. The van der Waals surface area contributed by atoms with Crippen molar-refractivity contribution in [3.05, 3.63) is 68.5 Å². The number of thiazole rings is 1. The molecule has 0 aliphatic carbocycles. The van der Waals surface area contributed by atoms with Crippen molar-refractivity contribution in [2.24, 2.45) is 0 Å². The van der Waals surface area contributed by atoms with E-state index in [4.69, 9.17) is 11.6 Å². The number of hydrogen-bond acceptors (Lipinski definition) is 4. The Bertz CT molecular complexity index is 886. The highest BCUT2D eigenvalue weighted by Crippen LogP contribution is 2.16. The number of benzene rings is 1. The molecular formula is C15H12ClN3O2S. The molecule has 0 saturated heterocycles. The SMILES string of the molecule is C[C@H](NC(=O)c1cnc2sccn2c1=O)c1ccc(Cl)cc1. The third-order valence-electron chi connectivity index (χ3n) is 3.30. The Balaban J connectivity index is 1.85. The number of carbonyl (C=O) groups excluding carboxylic acids is 1. The molecule has 0 saturated carbocycles. The van der Waals surface area contributed by atoms with E-state index in [0.29, 0.717) is 9.98 Å². The van der Waals surface area contributed by atoms with E-state index in [2.05, 4.69) is 10.3 Å². The lowest BCUT2D eigenvalue weighted by Crippen LogP contribution is -2.32. The van der Waals surface area contributed by atoms with Crippen LogP contribution in [0.25, 0.3) is 4.96 Å². The fourth-order valence-electron chi connectivity index (χ4n) is 2.09. The Kier molecular flexibility index (Phi) is 3.96. The molecule has 0 aliphatic heterocycles. The van der Waals surface area contributed by atoms with Crippen LogP contribution in [0.4, 0.5) is 0 Å². The number of nitrogens with zero attached hydrogens (tertiary/aromatic N) is 2. The Morgan fingerprint density at radius 3 is 2.82 bits per heavy atom. The van der Waals surface area contributed by atoms with E-state index >= 15 is 0 Å². The number of halogens is 1. The zero-order chi connectivity index (χ0) is 15.7. The summed E-state index contributed by atoms with van der Waals surface area (Å²) in [6.07, 6.45) is 2.92. The Morgan fingerprint density at radius 2 is 2.09 bits per heavy atom. The average molecular weight is 334 g/mol. The Hall–Kier alpha value is -2.18. The van der Waals surface area contributed by atoms with Crippen LogP contribution in [0.1, 0.15) is 28.9 Å². The van der Waals surface area contributed by atoms with Crippen LogP contribution in [-0.2, 0) is 0 Å². The van der Waals surface area contributed by atoms with Gasteiger partial charge in [0.1, 0.15) is 5.56 Å². The number of rotatable bonds is 3. The predicted molar refractivity (Wildman–Crippen MR) is 86.7 cm³/mol. The summed E-state index contributed by atoms with van der Waals surface area (Å²) in [6.45, 7) is 1.84. The predicted octanol–water partition coefficient (Wildman–Crippen LogP) is 2.90. The van der Waals surface area contributed by atoms with E-state index in [9.17, 15) is 9.59 Å². The molecule has 0 radical (unpaired) electrons. The van der Waals surface area contributed by atoms with Crippen molar-refractivity contribution in [3.8, 4) is 0 Å². The topological polar surface area (TPSA) is 63.5 Å². The first-order chi connectivity index (χ1) is 10.6. The maximum absolute atomic E-state index is 12.3. The molecule has 1 amide bonds. The summed E-state index contributed by atoms with van der Waals surface area (Å²) in [7, 11) is 0. The third kappa shape index (κ3) is 2.75. The summed E-state index contributed by atoms with van der Waals surface area (Å²) in [6, 6.07) is 6.94. The van der Waals surface area contributed by atoms with Gasteiger partial charge in [-0.25, -0.2) is 4.98 Å². The number of carbonyl (C=O) groups is 1. The molecule has 22 heavy (non-hydrogen) atoms. The maximum Gasteiger partial charge on any atom is 0.271 e. The molecule has 2 heterocycles. The molecule has 2 aromatic heterocycles. The first-order valence-corrected chi connectivity index (χ1v) is 7.83. The molecule has 3 rings (SSSR count). The fourth-order valence-corrected chi connectivity index (χ4v) is 2.89. The van der Waals surface area contributed by atoms with Gasteiger partial charge in [0.15, 0.2) is 4.96 Å². The van der Waals surface area contributed by atoms with E-state index in [1.165, 1.54) is 21.9 Å².